The van der Waals surface area contributed by atoms with Gasteiger partial charge in [0.15, 0.2) is 0 Å². The Balaban J connectivity index is 1.91. The van der Waals surface area contributed by atoms with E-state index in [0.717, 1.165) is 22.6 Å². The van der Waals surface area contributed by atoms with Crippen molar-refractivity contribution in [2.75, 3.05) is 19.8 Å². The first-order valence-electron chi connectivity index (χ1n) is 7.28. The maximum Gasteiger partial charge on any atom is 0.264 e. The predicted molar refractivity (Wildman–Crippen MR) is 83.7 cm³/mol. The van der Waals surface area contributed by atoms with Crippen molar-refractivity contribution >= 4 is 17.2 Å². The first-order valence-corrected chi connectivity index (χ1v) is 8.16. The topological polar surface area (TPSA) is 34.5 Å². The molecule has 0 aliphatic carbocycles. The van der Waals surface area contributed by atoms with Crippen LogP contribution in [0.3, 0.4) is 0 Å². The van der Waals surface area contributed by atoms with Crippen LogP contribution in [-0.4, -0.2) is 35.1 Å². The standard InChI is InChI=1S/C16H20N2O2S/c1-3-12-6-10-21-15(12)16(19)18-8-9-20-11-14(18)13-5-4-7-17(13)2/h4-7,10,14H,3,8-9,11H2,1-2H3/t14-/m0/s1. The van der Waals surface area contributed by atoms with Crippen LogP contribution < -0.4 is 0 Å². The maximum absolute atomic E-state index is 12.9. The number of thiophene rings is 1. The lowest BCUT2D eigenvalue weighted by atomic mass is 10.1. The Labute approximate surface area is 128 Å². The fourth-order valence-electron chi connectivity index (χ4n) is 2.84. The molecule has 0 N–H and O–H groups in total. The number of rotatable bonds is 3. The van der Waals surface area contributed by atoms with Gasteiger partial charge in [0.1, 0.15) is 0 Å². The Kier molecular flexibility index (Phi) is 4.12. The zero-order chi connectivity index (χ0) is 14.8. The second kappa shape index (κ2) is 6.03. The summed E-state index contributed by atoms with van der Waals surface area (Å²) in [7, 11) is 2.01. The summed E-state index contributed by atoms with van der Waals surface area (Å²) in [5.74, 6) is 0.136. The molecule has 0 radical (unpaired) electrons. The second-order valence-electron chi connectivity index (χ2n) is 5.26. The van der Waals surface area contributed by atoms with E-state index in [9.17, 15) is 4.79 Å². The van der Waals surface area contributed by atoms with Crippen LogP contribution in [0.1, 0.15) is 33.9 Å². The van der Waals surface area contributed by atoms with Crippen LogP contribution in [0.15, 0.2) is 29.8 Å². The highest BCUT2D eigenvalue weighted by molar-refractivity contribution is 7.12. The summed E-state index contributed by atoms with van der Waals surface area (Å²) in [6.07, 6.45) is 2.90. The Morgan fingerprint density at radius 1 is 1.48 bits per heavy atom. The minimum atomic E-state index is -0.00180. The number of aromatic nitrogens is 1. The third-order valence-corrected chi connectivity index (χ3v) is 4.98. The van der Waals surface area contributed by atoms with Crippen molar-refractivity contribution in [1.29, 1.82) is 0 Å². The summed E-state index contributed by atoms with van der Waals surface area (Å²) in [5, 5.41) is 2.00. The molecule has 3 rings (SSSR count). The van der Waals surface area contributed by atoms with Crippen LogP contribution in [0.5, 0.6) is 0 Å². The van der Waals surface area contributed by atoms with Crippen LogP contribution >= 0.6 is 11.3 Å². The van der Waals surface area contributed by atoms with Crippen molar-refractivity contribution < 1.29 is 9.53 Å². The van der Waals surface area contributed by atoms with Gasteiger partial charge >= 0.3 is 0 Å². The van der Waals surface area contributed by atoms with Crippen LogP contribution in [0.2, 0.25) is 0 Å². The molecule has 21 heavy (non-hydrogen) atoms. The third-order valence-electron chi connectivity index (χ3n) is 4.04. The quantitative estimate of drug-likeness (QED) is 0.874. The molecule has 2 aromatic heterocycles. The molecule has 3 heterocycles. The van der Waals surface area contributed by atoms with Crippen molar-refractivity contribution in [1.82, 2.24) is 9.47 Å². The highest BCUT2D eigenvalue weighted by atomic mass is 32.1. The summed E-state index contributed by atoms with van der Waals surface area (Å²) < 4.78 is 7.68. The van der Waals surface area contributed by atoms with Gasteiger partial charge in [-0.3, -0.25) is 4.79 Å². The molecule has 5 heteroatoms. The molecular formula is C16H20N2O2S. The number of hydrogen-bond donors (Lipinski definition) is 0. The molecule has 1 amide bonds. The van der Waals surface area contributed by atoms with Crippen LogP contribution in [-0.2, 0) is 18.2 Å². The van der Waals surface area contributed by atoms with E-state index in [1.165, 1.54) is 0 Å². The van der Waals surface area contributed by atoms with Gasteiger partial charge in [0.05, 0.1) is 24.1 Å². The van der Waals surface area contributed by atoms with Crippen LogP contribution in [0, 0.1) is 0 Å². The molecule has 112 valence electrons. The van der Waals surface area contributed by atoms with E-state index < -0.39 is 0 Å². The Morgan fingerprint density at radius 3 is 3.05 bits per heavy atom. The molecule has 0 aromatic carbocycles. The largest absolute Gasteiger partial charge is 0.377 e. The van der Waals surface area contributed by atoms with Crippen molar-refractivity contribution in [3.8, 4) is 0 Å². The van der Waals surface area contributed by atoms with E-state index in [2.05, 4.69) is 23.6 Å². The van der Waals surface area contributed by atoms with E-state index in [1.54, 1.807) is 11.3 Å². The molecule has 1 atom stereocenters. The number of carbonyl (C=O) groups excluding carboxylic acids is 1. The summed E-state index contributed by atoms with van der Waals surface area (Å²) in [6.45, 7) is 3.92. The van der Waals surface area contributed by atoms with E-state index in [-0.39, 0.29) is 11.9 Å². The smallest absolute Gasteiger partial charge is 0.264 e. The molecule has 1 fully saturated rings. The Bertz CT molecular complexity index is 632. The third kappa shape index (κ3) is 2.63. The Morgan fingerprint density at radius 2 is 2.33 bits per heavy atom. The molecule has 0 saturated carbocycles. The van der Waals surface area contributed by atoms with Crippen molar-refractivity contribution in [3.63, 3.8) is 0 Å². The van der Waals surface area contributed by atoms with Gasteiger partial charge in [-0.2, -0.15) is 0 Å². The summed E-state index contributed by atoms with van der Waals surface area (Å²) in [4.78, 5) is 15.8. The normalized spacial score (nSPS) is 19.0. The highest BCUT2D eigenvalue weighted by Crippen LogP contribution is 2.28. The molecule has 1 saturated heterocycles. The van der Waals surface area contributed by atoms with Gasteiger partial charge in [0, 0.05) is 25.5 Å². The zero-order valence-corrected chi connectivity index (χ0v) is 13.2. The fraction of sp³-hybridized carbons (Fsp3) is 0.438. The van der Waals surface area contributed by atoms with Gasteiger partial charge in [-0.05, 0) is 35.6 Å². The monoisotopic (exact) mass is 304 g/mol. The van der Waals surface area contributed by atoms with E-state index in [1.807, 2.05) is 29.6 Å². The summed E-state index contributed by atoms with van der Waals surface area (Å²) in [6, 6.07) is 6.12. The van der Waals surface area contributed by atoms with Crippen LogP contribution in [0.25, 0.3) is 0 Å². The molecule has 4 nitrogen and oxygen atoms in total. The molecule has 2 aromatic rings. The number of hydrogen-bond acceptors (Lipinski definition) is 3. The average Bonchev–Trinajstić information content (AvgIpc) is 3.14. The van der Waals surface area contributed by atoms with Gasteiger partial charge in [0.2, 0.25) is 0 Å². The Hall–Kier alpha value is -1.59. The number of morpholine rings is 1. The van der Waals surface area contributed by atoms with Gasteiger partial charge in [0.25, 0.3) is 5.91 Å². The van der Waals surface area contributed by atoms with Gasteiger partial charge in [-0.25, -0.2) is 0 Å². The lowest BCUT2D eigenvalue weighted by Crippen LogP contribution is -2.44. The molecule has 0 unspecified atom stereocenters. The molecule has 1 aliphatic heterocycles. The fourth-order valence-corrected chi connectivity index (χ4v) is 3.79. The molecule has 0 bridgehead atoms. The maximum atomic E-state index is 12.9. The van der Waals surface area contributed by atoms with Crippen molar-refractivity contribution in [2.45, 2.75) is 19.4 Å². The average molecular weight is 304 g/mol. The van der Waals surface area contributed by atoms with Gasteiger partial charge in [-0.1, -0.05) is 6.92 Å². The first-order chi connectivity index (χ1) is 10.2. The number of aryl methyl sites for hydroxylation is 2. The number of carbonyl (C=O) groups is 1. The van der Waals surface area contributed by atoms with E-state index >= 15 is 0 Å². The molecule has 1 aliphatic rings. The van der Waals surface area contributed by atoms with E-state index in [0.29, 0.717) is 19.8 Å². The molecule has 0 spiro atoms. The lowest BCUT2D eigenvalue weighted by molar-refractivity contribution is -0.00442. The number of ether oxygens (including phenoxy) is 1. The first kappa shape index (κ1) is 14.4. The van der Waals surface area contributed by atoms with Gasteiger partial charge < -0.3 is 14.2 Å². The predicted octanol–water partition coefficient (Wildman–Crippen LogP) is 2.86. The summed E-state index contributed by atoms with van der Waals surface area (Å²) >= 11 is 1.54. The van der Waals surface area contributed by atoms with Crippen molar-refractivity contribution in [3.05, 3.63) is 45.9 Å². The van der Waals surface area contributed by atoms with Crippen molar-refractivity contribution in [2.24, 2.45) is 7.05 Å². The SMILES string of the molecule is CCc1ccsc1C(=O)N1CCOC[C@H]1c1cccn1C. The molecular weight excluding hydrogens is 284 g/mol. The highest BCUT2D eigenvalue weighted by Gasteiger charge is 2.31. The number of nitrogens with zero attached hydrogens (tertiary/aromatic N) is 2. The lowest BCUT2D eigenvalue weighted by Gasteiger charge is -2.36. The summed E-state index contributed by atoms with van der Waals surface area (Å²) in [5.41, 5.74) is 2.26. The van der Waals surface area contributed by atoms with E-state index in [4.69, 9.17) is 4.74 Å². The second-order valence-corrected chi connectivity index (χ2v) is 6.18. The number of amides is 1. The minimum absolute atomic E-state index is 0.00180. The van der Waals surface area contributed by atoms with Gasteiger partial charge in [-0.15, -0.1) is 11.3 Å². The van der Waals surface area contributed by atoms with Crippen LogP contribution in [0.4, 0.5) is 0 Å². The minimum Gasteiger partial charge on any atom is -0.377 e. The zero-order valence-electron chi connectivity index (χ0n) is 12.4.